The van der Waals surface area contributed by atoms with E-state index in [2.05, 4.69) is 10.1 Å². The molecule has 13 heteroatoms. The number of piperazine rings is 1. The molecule has 0 aromatic heterocycles. The Bertz CT molecular complexity index is 1050. The molecule has 2 rings (SSSR count). The average Bonchev–Trinajstić information content (AvgIpc) is 2.86. The molecular formula is C26H35N3O10. The average molecular weight is 550 g/mol. The van der Waals surface area contributed by atoms with E-state index in [1.165, 1.54) is 4.90 Å². The summed E-state index contributed by atoms with van der Waals surface area (Å²) in [6.45, 7) is 4.43. The number of amides is 3. The Hall–Kier alpha value is -4.16. The van der Waals surface area contributed by atoms with Crippen molar-refractivity contribution in [3.05, 3.63) is 35.9 Å². The van der Waals surface area contributed by atoms with Crippen LogP contribution in [0.1, 0.15) is 45.6 Å². The first-order valence-electron chi connectivity index (χ1n) is 12.4. The number of nitrogens with one attached hydrogen (secondary N) is 1. The van der Waals surface area contributed by atoms with Crippen LogP contribution < -0.4 is 5.32 Å². The fourth-order valence-corrected chi connectivity index (χ4v) is 3.86. The van der Waals surface area contributed by atoms with E-state index in [1.807, 2.05) is 0 Å². The van der Waals surface area contributed by atoms with E-state index in [0.717, 1.165) is 12.0 Å². The highest BCUT2D eigenvalue weighted by atomic mass is 16.6. The number of benzene rings is 1. The van der Waals surface area contributed by atoms with E-state index < -0.39 is 66.3 Å². The quantitative estimate of drug-likeness (QED) is 0.301. The number of ether oxygens (including phenoxy) is 3. The topological polar surface area (TPSA) is 169 Å². The zero-order chi connectivity index (χ0) is 29.2. The molecule has 0 aliphatic carbocycles. The maximum atomic E-state index is 13.5. The number of alkyl carbamates (subject to hydrolysis) is 1. The highest BCUT2D eigenvalue weighted by Crippen LogP contribution is 2.19. The summed E-state index contributed by atoms with van der Waals surface area (Å²) < 4.78 is 15.1. The van der Waals surface area contributed by atoms with Gasteiger partial charge in [-0.15, -0.1) is 0 Å². The van der Waals surface area contributed by atoms with Crippen LogP contribution in [0.25, 0.3) is 0 Å². The molecule has 1 fully saturated rings. The van der Waals surface area contributed by atoms with E-state index in [1.54, 1.807) is 51.1 Å². The van der Waals surface area contributed by atoms with Crippen LogP contribution in [0.4, 0.5) is 4.79 Å². The third-order valence-electron chi connectivity index (χ3n) is 5.64. The lowest BCUT2D eigenvalue weighted by molar-refractivity contribution is -0.164. The molecule has 2 N–H and O–H groups in total. The monoisotopic (exact) mass is 549 g/mol. The number of esters is 2. The number of nitrogens with zero attached hydrogens (tertiary/aromatic N) is 2. The Morgan fingerprint density at radius 1 is 1.08 bits per heavy atom. The highest BCUT2D eigenvalue weighted by molar-refractivity contribution is 5.95. The zero-order valence-electron chi connectivity index (χ0n) is 22.5. The first kappa shape index (κ1) is 31.1. The maximum absolute atomic E-state index is 13.5. The van der Waals surface area contributed by atoms with Gasteiger partial charge in [0.15, 0.2) is 0 Å². The summed E-state index contributed by atoms with van der Waals surface area (Å²) in [4.78, 5) is 77.1. The molecule has 1 heterocycles. The molecule has 3 amide bonds. The summed E-state index contributed by atoms with van der Waals surface area (Å²) in [6, 6.07) is 6.10. The first-order chi connectivity index (χ1) is 18.3. The predicted octanol–water partition coefficient (Wildman–Crippen LogP) is 1.09. The molecule has 0 saturated carbocycles. The summed E-state index contributed by atoms with van der Waals surface area (Å²) in [5.41, 5.74) is -0.0764. The number of methoxy groups -OCH3 is 1. The number of hydrogen-bond donors (Lipinski definition) is 2. The number of rotatable bonds is 11. The van der Waals surface area contributed by atoms with Gasteiger partial charge in [-0.2, -0.15) is 0 Å². The first-order valence-corrected chi connectivity index (χ1v) is 12.4. The van der Waals surface area contributed by atoms with Crippen molar-refractivity contribution < 1.29 is 48.1 Å². The van der Waals surface area contributed by atoms with Crippen LogP contribution >= 0.6 is 0 Å². The standard InChI is InChI=1S/C26H35N3O10/c1-26(2,3)39-22(33)15-28-12-13-29(19(24(28)35)14-21(32)37-4)23(34)18(10-11-20(30)31)27-25(36)38-16-17-8-6-5-7-9-17/h5-9,18-19H,10-16H2,1-4H3,(H,27,36)(H,30,31)/t18-,19-/m0/s1. The molecule has 2 atom stereocenters. The Morgan fingerprint density at radius 3 is 2.33 bits per heavy atom. The normalized spacial score (nSPS) is 16.2. The highest BCUT2D eigenvalue weighted by Gasteiger charge is 2.42. The van der Waals surface area contributed by atoms with E-state index in [-0.39, 0.29) is 32.7 Å². The number of carboxylic acids is 1. The van der Waals surface area contributed by atoms with Crippen molar-refractivity contribution in [1.82, 2.24) is 15.1 Å². The molecule has 1 aromatic rings. The van der Waals surface area contributed by atoms with Gasteiger partial charge in [0.25, 0.3) is 0 Å². The minimum atomic E-state index is -1.35. The zero-order valence-corrected chi connectivity index (χ0v) is 22.5. The van der Waals surface area contributed by atoms with E-state index in [0.29, 0.717) is 5.56 Å². The maximum Gasteiger partial charge on any atom is 0.408 e. The van der Waals surface area contributed by atoms with Gasteiger partial charge in [-0.1, -0.05) is 30.3 Å². The fourth-order valence-electron chi connectivity index (χ4n) is 3.86. The fraction of sp³-hybridized carbons (Fsp3) is 0.538. The summed E-state index contributed by atoms with van der Waals surface area (Å²) in [5, 5.41) is 11.5. The van der Waals surface area contributed by atoms with Gasteiger partial charge < -0.3 is 34.4 Å². The molecule has 1 saturated heterocycles. The van der Waals surface area contributed by atoms with Gasteiger partial charge in [0.2, 0.25) is 11.8 Å². The molecule has 1 aliphatic heterocycles. The second-order valence-electron chi connectivity index (χ2n) is 9.86. The van der Waals surface area contributed by atoms with Gasteiger partial charge in [0, 0.05) is 19.5 Å². The molecule has 214 valence electrons. The molecule has 1 aliphatic rings. The lowest BCUT2D eigenvalue weighted by Crippen LogP contribution is -2.63. The second-order valence-corrected chi connectivity index (χ2v) is 9.86. The Morgan fingerprint density at radius 2 is 1.74 bits per heavy atom. The minimum absolute atomic E-state index is 0.0500. The number of carbonyl (C=O) groups excluding carboxylic acids is 5. The van der Waals surface area contributed by atoms with Crippen LogP contribution in [-0.4, -0.2) is 95.2 Å². The van der Waals surface area contributed by atoms with Crippen LogP contribution in [-0.2, 0) is 44.8 Å². The van der Waals surface area contributed by atoms with Crippen molar-refractivity contribution >= 4 is 35.8 Å². The molecule has 1 aromatic carbocycles. The molecule has 0 bridgehead atoms. The van der Waals surface area contributed by atoms with Crippen LogP contribution in [0.3, 0.4) is 0 Å². The van der Waals surface area contributed by atoms with Crippen LogP contribution in [0.2, 0.25) is 0 Å². The Labute approximate surface area is 226 Å². The second kappa shape index (κ2) is 14.1. The minimum Gasteiger partial charge on any atom is -0.481 e. The van der Waals surface area contributed by atoms with Crippen molar-refractivity contribution in [3.8, 4) is 0 Å². The van der Waals surface area contributed by atoms with Crippen molar-refractivity contribution in [2.75, 3.05) is 26.7 Å². The number of hydrogen-bond acceptors (Lipinski definition) is 9. The Balaban J connectivity index is 2.19. The third kappa shape index (κ3) is 10.3. The Kier molecular flexibility index (Phi) is 11.2. The van der Waals surface area contributed by atoms with Crippen molar-refractivity contribution in [1.29, 1.82) is 0 Å². The van der Waals surface area contributed by atoms with Gasteiger partial charge in [-0.3, -0.25) is 24.0 Å². The molecule has 0 unspecified atom stereocenters. The SMILES string of the molecule is COC(=O)C[C@H]1C(=O)N(CC(=O)OC(C)(C)C)CCN1C(=O)[C@H](CCC(=O)O)NC(=O)OCc1ccccc1. The van der Waals surface area contributed by atoms with E-state index in [4.69, 9.17) is 14.6 Å². The summed E-state index contributed by atoms with van der Waals surface area (Å²) in [6.07, 6.45) is -2.20. The molecule has 0 spiro atoms. The van der Waals surface area contributed by atoms with Gasteiger partial charge in [0.05, 0.1) is 13.5 Å². The number of aliphatic carboxylic acids is 1. The largest absolute Gasteiger partial charge is 0.481 e. The van der Waals surface area contributed by atoms with Crippen LogP contribution in [0.5, 0.6) is 0 Å². The lowest BCUT2D eigenvalue weighted by atomic mass is 10.0. The molecule has 39 heavy (non-hydrogen) atoms. The van der Waals surface area contributed by atoms with Crippen LogP contribution in [0, 0.1) is 0 Å². The van der Waals surface area contributed by atoms with Gasteiger partial charge in [0.1, 0.15) is 30.8 Å². The summed E-state index contributed by atoms with van der Waals surface area (Å²) in [7, 11) is 1.13. The summed E-state index contributed by atoms with van der Waals surface area (Å²) in [5.74, 6) is -4.09. The van der Waals surface area contributed by atoms with Crippen molar-refractivity contribution in [2.45, 2.75) is 64.3 Å². The predicted molar refractivity (Wildman–Crippen MR) is 135 cm³/mol. The number of carboxylic acid groups (broad SMARTS) is 1. The lowest BCUT2D eigenvalue weighted by Gasteiger charge is -2.41. The number of carbonyl (C=O) groups is 6. The van der Waals surface area contributed by atoms with Crippen LogP contribution in [0.15, 0.2) is 30.3 Å². The van der Waals surface area contributed by atoms with Crippen molar-refractivity contribution in [3.63, 3.8) is 0 Å². The van der Waals surface area contributed by atoms with E-state index in [9.17, 15) is 28.8 Å². The van der Waals surface area contributed by atoms with Gasteiger partial charge in [-0.25, -0.2) is 4.79 Å². The molecule has 0 radical (unpaired) electrons. The summed E-state index contributed by atoms with van der Waals surface area (Å²) >= 11 is 0. The smallest absolute Gasteiger partial charge is 0.408 e. The molecule has 13 nitrogen and oxygen atoms in total. The van der Waals surface area contributed by atoms with Gasteiger partial charge >= 0.3 is 24.0 Å². The third-order valence-corrected chi connectivity index (χ3v) is 5.64. The molecular weight excluding hydrogens is 514 g/mol. The van der Waals surface area contributed by atoms with Gasteiger partial charge in [-0.05, 0) is 32.8 Å². The van der Waals surface area contributed by atoms with Crippen molar-refractivity contribution in [2.24, 2.45) is 0 Å². The van der Waals surface area contributed by atoms with E-state index >= 15 is 0 Å².